The topological polar surface area (TPSA) is 67.2 Å². The minimum absolute atomic E-state index is 0.0575. The van der Waals surface area contributed by atoms with Crippen molar-refractivity contribution in [2.45, 2.75) is 65.2 Å². The summed E-state index contributed by atoms with van der Waals surface area (Å²) in [5, 5.41) is 7.68. The Morgan fingerprint density at radius 2 is 1.92 bits per heavy atom. The number of halogens is 1. The maximum atomic E-state index is 14.4. The highest BCUT2D eigenvalue weighted by Crippen LogP contribution is 2.48. The van der Waals surface area contributed by atoms with E-state index >= 15 is 0 Å². The Labute approximate surface area is 222 Å². The van der Waals surface area contributed by atoms with Gasteiger partial charge in [-0.15, -0.1) is 11.8 Å². The predicted molar refractivity (Wildman–Crippen MR) is 148 cm³/mol. The lowest BCUT2D eigenvalue weighted by molar-refractivity contribution is -0.123. The average Bonchev–Trinajstić information content (AvgIpc) is 3.11. The van der Waals surface area contributed by atoms with Crippen molar-refractivity contribution in [2.24, 2.45) is 0 Å². The number of hydrogen-bond acceptors (Lipinski definition) is 4. The third-order valence-electron chi connectivity index (χ3n) is 6.28. The molecule has 0 bridgehead atoms. The Hall–Kier alpha value is -3.13. The van der Waals surface area contributed by atoms with Crippen LogP contribution in [0.3, 0.4) is 0 Å². The summed E-state index contributed by atoms with van der Waals surface area (Å²) in [6.07, 6.45) is 0. The molecule has 6 nitrogen and oxygen atoms in total. The first-order chi connectivity index (χ1) is 17.4. The van der Waals surface area contributed by atoms with Crippen molar-refractivity contribution in [3.8, 4) is 5.69 Å². The maximum absolute atomic E-state index is 14.4. The Kier molecular flexibility index (Phi) is 7.51. The molecule has 0 saturated heterocycles. The van der Waals surface area contributed by atoms with Crippen molar-refractivity contribution in [3.05, 3.63) is 76.2 Å². The van der Waals surface area contributed by atoms with Gasteiger partial charge in [-0.3, -0.25) is 14.5 Å². The molecule has 4 rings (SSSR count). The number of amides is 2. The summed E-state index contributed by atoms with van der Waals surface area (Å²) in [6.45, 7) is 13.9. The summed E-state index contributed by atoms with van der Waals surface area (Å²) >= 11 is 1.44. The monoisotopic (exact) mass is 522 g/mol. The molecule has 1 aliphatic rings. The number of aromatic nitrogens is 2. The van der Waals surface area contributed by atoms with E-state index in [1.54, 1.807) is 11.0 Å². The number of hydrogen-bond donors (Lipinski definition) is 1. The molecule has 196 valence electrons. The van der Waals surface area contributed by atoms with Crippen LogP contribution in [0.15, 0.2) is 42.5 Å². The van der Waals surface area contributed by atoms with Gasteiger partial charge in [0.1, 0.15) is 18.2 Å². The molecule has 37 heavy (non-hydrogen) atoms. The third-order valence-corrected chi connectivity index (χ3v) is 7.54. The number of thioether (sulfide) groups is 1. The summed E-state index contributed by atoms with van der Waals surface area (Å²) in [7, 11) is 0. The van der Waals surface area contributed by atoms with Gasteiger partial charge >= 0.3 is 0 Å². The summed E-state index contributed by atoms with van der Waals surface area (Å²) in [4.78, 5) is 28.1. The molecule has 2 heterocycles. The zero-order valence-electron chi connectivity index (χ0n) is 22.6. The zero-order chi connectivity index (χ0) is 27.1. The third kappa shape index (κ3) is 5.59. The molecular weight excluding hydrogens is 487 g/mol. The van der Waals surface area contributed by atoms with E-state index in [4.69, 9.17) is 5.10 Å². The molecule has 0 spiro atoms. The van der Waals surface area contributed by atoms with Gasteiger partial charge in [0.15, 0.2) is 0 Å². The van der Waals surface area contributed by atoms with Crippen LogP contribution in [0.4, 0.5) is 10.2 Å². The SMILES string of the molecule is Cc1ccc(-n2nc(C(C)(C)C)c3c2N(CC(=O)NC(C)C)C(=O)CS[C@H]3c2cccc(F)c2)c(C)c1. The van der Waals surface area contributed by atoms with Crippen LogP contribution in [-0.2, 0) is 15.0 Å². The second kappa shape index (κ2) is 10.3. The van der Waals surface area contributed by atoms with Gasteiger partial charge in [-0.05, 0) is 57.0 Å². The molecule has 8 heteroatoms. The van der Waals surface area contributed by atoms with E-state index in [-0.39, 0.29) is 46.6 Å². The summed E-state index contributed by atoms with van der Waals surface area (Å²) < 4.78 is 16.2. The van der Waals surface area contributed by atoms with Gasteiger partial charge < -0.3 is 5.32 Å². The van der Waals surface area contributed by atoms with Gasteiger partial charge in [-0.25, -0.2) is 9.07 Å². The summed E-state index contributed by atoms with van der Waals surface area (Å²) in [6, 6.07) is 12.5. The van der Waals surface area contributed by atoms with E-state index in [2.05, 4.69) is 32.2 Å². The number of rotatable bonds is 5. The van der Waals surface area contributed by atoms with Crippen molar-refractivity contribution in [1.82, 2.24) is 15.1 Å². The van der Waals surface area contributed by atoms with Crippen LogP contribution in [0.25, 0.3) is 5.69 Å². The van der Waals surface area contributed by atoms with Crippen molar-refractivity contribution >= 4 is 29.4 Å². The standard InChI is InChI=1S/C29H35FN4O2S/c1-17(2)31-23(35)15-33-24(36)16-37-26(20-9-8-10-21(30)14-20)25-27(29(5,6)7)32-34(28(25)33)22-12-11-18(3)13-19(22)4/h8-14,17,26H,15-16H2,1-7H3,(H,31,35)/t26-/m0/s1. The molecule has 2 amide bonds. The fourth-order valence-corrected chi connectivity index (χ4v) is 5.92. The number of carbonyl (C=O) groups excluding carboxylic acids is 2. The first-order valence-corrected chi connectivity index (χ1v) is 13.6. The molecule has 0 radical (unpaired) electrons. The van der Waals surface area contributed by atoms with E-state index in [9.17, 15) is 14.0 Å². The number of carbonyl (C=O) groups is 2. The Morgan fingerprint density at radius 1 is 1.19 bits per heavy atom. The van der Waals surface area contributed by atoms with E-state index in [0.29, 0.717) is 5.82 Å². The van der Waals surface area contributed by atoms with Crippen LogP contribution in [0, 0.1) is 19.7 Å². The van der Waals surface area contributed by atoms with Crippen LogP contribution >= 0.6 is 11.8 Å². The molecule has 0 saturated carbocycles. The highest BCUT2D eigenvalue weighted by atomic mass is 32.2. The molecule has 0 aliphatic carbocycles. The van der Waals surface area contributed by atoms with Crippen molar-refractivity contribution in [3.63, 3.8) is 0 Å². The van der Waals surface area contributed by atoms with Gasteiger partial charge in [0.05, 0.1) is 22.4 Å². The van der Waals surface area contributed by atoms with E-state index in [1.807, 2.05) is 50.6 Å². The largest absolute Gasteiger partial charge is 0.352 e. The Bertz CT molecular complexity index is 1340. The highest BCUT2D eigenvalue weighted by molar-refractivity contribution is 8.00. The molecule has 1 aromatic heterocycles. The van der Waals surface area contributed by atoms with Crippen molar-refractivity contribution in [1.29, 1.82) is 0 Å². The van der Waals surface area contributed by atoms with Gasteiger partial charge in [-0.2, -0.15) is 5.10 Å². The lowest BCUT2D eigenvalue weighted by Crippen LogP contribution is -2.44. The first kappa shape index (κ1) is 26.9. The molecule has 0 fully saturated rings. The molecule has 1 atom stereocenters. The predicted octanol–water partition coefficient (Wildman–Crippen LogP) is 5.62. The molecule has 2 aromatic carbocycles. The average molecular weight is 523 g/mol. The molecule has 1 N–H and O–H groups in total. The van der Waals surface area contributed by atoms with Crippen LogP contribution < -0.4 is 10.2 Å². The van der Waals surface area contributed by atoms with Gasteiger partial charge in [-0.1, -0.05) is 50.6 Å². The van der Waals surface area contributed by atoms with E-state index in [1.165, 1.54) is 23.9 Å². The van der Waals surface area contributed by atoms with E-state index in [0.717, 1.165) is 33.6 Å². The molecular formula is C29H35FN4O2S. The number of nitrogens with one attached hydrogen (secondary N) is 1. The van der Waals surface area contributed by atoms with Crippen molar-refractivity contribution in [2.75, 3.05) is 17.2 Å². The minimum Gasteiger partial charge on any atom is -0.352 e. The lowest BCUT2D eigenvalue weighted by atomic mass is 9.87. The molecule has 1 aliphatic heterocycles. The number of benzene rings is 2. The van der Waals surface area contributed by atoms with Gasteiger partial charge in [0.2, 0.25) is 11.8 Å². The molecule has 0 unspecified atom stereocenters. The highest BCUT2D eigenvalue weighted by Gasteiger charge is 2.40. The Balaban J connectivity index is 2.04. The fraction of sp³-hybridized carbons (Fsp3) is 0.414. The summed E-state index contributed by atoms with van der Waals surface area (Å²) in [5.74, 6) is -0.0338. The Morgan fingerprint density at radius 3 is 2.54 bits per heavy atom. The number of aryl methyl sites for hydroxylation is 2. The second-order valence-corrected chi connectivity index (χ2v) is 12.1. The first-order valence-electron chi connectivity index (χ1n) is 12.5. The maximum Gasteiger partial charge on any atom is 0.240 e. The second-order valence-electron chi connectivity index (χ2n) is 11.0. The smallest absolute Gasteiger partial charge is 0.240 e. The van der Waals surface area contributed by atoms with Gasteiger partial charge in [0.25, 0.3) is 0 Å². The van der Waals surface area contributed by atoms with Crippen LogP contribution in [-0.4, -0.2) is 39.9 Å². The fourth-order valence-electron chi connectivity index (χ4n) is 4.73. The van der Waals surface area contributed by atoms with Gasteiger partial charge in [0, 0.05) is 17.0 Å². The zero-order valence-corrected chi connectivity index (χ0v) is 23.4. The quantitative estimate of drug-likeness (QED) is 0.472. The van der Waals surface area contributed by atoms with Crippen LogP contribution in [0.1, 0.15) is 67.8 Å². The number of fused-ring (bicyclic) bond motifs is 1. The normalized spacial score (nSPS) is 16.1. The van der Waals surface area contributed by atoms with E-state index < -0.39 is 0 Å². The number of nitrogens with zero attached hydrogens (tertiary/aromatic N) is 3. The lowest BCUT2D eigenvalue weighted by Gasteiger charge is -2.25. The van der Waals surface area contributed by atoms with Crippen LogP contribution in [0.2, 0.25) is 0 Å². The number of anilines is 1. The summed E-state index contributed by atoms with van der Waals surface area (Å²) in [5.41, 5.74) is 5.00. The molecule has 3 aromatic rings. The van der Waals surface area contributed by atoms with Crippen molar-refractivity contribution < 1.29 is 14.0 Å². The minimum atomic E-state index is -0.376. The van der Waals surface area contributed by atoms with Crippen LogP contribution in [0.5, 0.6) is 0 Å².